The predicted molar refractivity (Wildman–Crippen MR) is 64.9 cm³/mol. The van der Waals surface area contributed by atoms with E-state index in [0.717, 1.165) is 37.0 Å². The Balaban J connectivity index is 1.77. The van der Waals surface area contributed by atoms with E-state index >= 15 is 0 Å². The van der Waals surface area contributed by atoms with Crippen molar-refractivity contribution in [1.29, 1.82) is 0 Å². The standard InChI is InChI=1S/C13H18N4O2/c14-12-15-10(11(18)19)16-17(12)13-4-7-1-8(5-13)3-9(2-7)6-13/h7-9H,1-6H2,(H,18,19)(H2,14,15,16)/p-1. The van der Waals surface area contributed by atoms with Gasteiger partial charge < -0.3 is 15.6 Å². The van der Waals surface area contributed by atoms with Crippen LogP contribution >= 0.6 is 0 Å². The van der Waals surface area contributed by atoms with Crippen LogP contribution in [0, 0.1) is 17.8 Å². The van der Waals surface area contributed by atoms with Gasteiger partial charge in [-0.3, -0.25) is 0 Å². The molecule has 2 N–H and O–H groups in total. The molecule has 102 valence electrons. The number of carboxylic acid groups (broad SMARTS) is 1. The second-order valence-electron chi connectivity index (χ2n) is 6.63. The molecule has 4 fully saturated rings. The van der Waals surface area contributed by atoms with Gasteiger partial charge in [-0.1, -0.05) is 0 Å². The summed E-state index contributed by atoms with van der Waals surface area (Å²) in [7, 11) is 0. The lowest BCUT2D eigenvalue weighted by atomic mass is 9.53. The van der Waals surface area contributed by atoms with Crippen molar-refractivity contribution in [2.75, 3.05) is 5.73 Å². The number of anilines is 1. The van der Waals surface area contributed by atoms with Crippen molar-refractivity contribution < 1.29 is 9.90 Å². The number of hydrogen-bond acceptors (Lipinski definition) is 5. The molecule has 0 atom stereocenters. The van der Waals surface area contributed by atoms with E-state index in [1.807, 2.05) is 0 Å². The molecule has 4 saturated carbocycles. The molecule has 19 heavy (non-hydrogen) atoms. The highest BCUT2D eigenvalue weighted by Crippen LogP contribution is 2.58. The summed E-state index contributed by atoms with van der Waals surface area (Å²) in [6.07, 6.45) is 7.17. The van der Waals surface area contributed by atoms with Crippen molar-refractivity contribution >= 4 is 11.9 Å². The molecule has 0 aromatic carbocycles. The predicted octanol–water partition coefficient (Wildman–Crippen LogP) is 0.149. The van der Waals surface area contributed by atoms with E-state index in [9.17, 15) is 9.90 Å². The zero-order chi connectivity index (χ0) is 13.2. The van der Waals surface area contributed by atoms with Crippen LogP contribution in [0.3, 0.4) is 0 Å². The van der Waals surface area contributed by atoms with Gasteiger partial charge in [-0.15, -0.1) is 5.10 Å². The second kappa shape index (κ2) is 3.49. The van der Waals surface area contributed by atoms with Crippen molar-refractivity contribution in [2.45, 2.75) is 44.1 Å². The van der Waals surface area contributed by atoms with Crippen molar-refractivity contribution in [2.24, 2.45) is 17.8 Å². The van der Waals surface area contributed by atoms with Gasteiger partial charge in [0, 0.05) is 0 Å². The summed E-state index contributed by atoms with van der Waals surface area (Å²) < 4.78 is 1.70. The monoisotopic (exact) mass is 261 g/mol. The quantitative estimate of drug-likeness (QED) is 0.817. The number of carboxylic acids is 1. The van der Waals surface area contributed by atoms with E-state index < -0.39 is 5.97 Å². The largest absolute Gasteiger partial charge is 0.541 e. The fourth-order valence-corrected chi connectivity index (χ4v) is 5.08. The molecule has 6 nitrogen and oxygen atoms in total. The highest BCUT2D eigenvalue weighted by molar-refractivity contribution is 5.81. The van der Waals surface area contributed by atoms with Gasteiger partial charge in [-0.05, 0) is 56.3 Å². The average Bonchev–Trinajstić information content (AvgIpc) is 2.70. The maximum Gasteiger partial charge on any atom is 0.219 e. The molecule has 1 aromatic heterocycles. The molecule has 0 radical (unpaired) electrons. The summed E-state index contributed by atoms with van der Waals surface area (Å²) in [5.41, 5.74) is 5.82. The maximum absolute atomic E-state index is 10.9. The van der Waals surface area contributed by atoms with E-state index in [0.29, 0.717) is 0 Å². The first-order chi connectivity index (χ1) is 9.06. The van der Waals surface area contributed by atoms with Crippen LogP contribution in [0.1, 0.15) is 49.1 Å². The third-order valence-corrected chi connectivity index (χ3v) is 5.27. The Hall–Kier alpha value is -1.59. The Labute approximate surface area is 111 Å². The van der Waals surface area contributed by atoms with Crippen molar-refractivity contribution in [3.63, 3.8) is 0 Å². The lowest BCUT2D eigenvalue weighted by Gasteiger charge is -2.56. The van der Waals surface area contributed by atoms with Crippen LogP contribution in [0.15, 0.2) is 0 Å². The van der Waals surface area contributed by atoms with Crippen molar-refractivity contribution in [3.8, 4) is 0 Å². The van der Waals surface area contributed by atoms with Crippen molar-refractivity contribution in [3.05, 3.63) is 5.82 Å². The second-order valence-corrected chi connectivity index (χ2v) is 6.63. The molecule has 0 aliphatic heterocycles. The smallest absolute Gasteiger partial charge is 0.219 e. The highest BCUT2D eigenvalue weighted by atomic mass is 16.4. The third-order valence-electron chi connectivity index (χ3n) is 5.27. The zero-order valence-corrected chi connectivity index (χ0v) is 10.7. The highest BCUT2D eigenvalue weighted by Gasteiger charge is 2.53. The minimum absolute atomic E-state index is 0.0838. The third kappa shape index (κ3) is 1.52. The van der Waals surface area contributed by atoms with Crippen LogP contribution in [0.5, 0.6) is 0 Å². The Morgan fingerprint density at radius 1 is 1.21 bits per heavy atom. The molecule has 0 saturated heterocycles. The molecule has 0 amide bonds. The van der Waals surface area contributed by atoms with E-state index in [1.54, 1.807) is 4.68 Å². The summed E-state index contributed by atoms with van der Waals surface area (Å²) in [5.74, 6) is 0.841. The number of carbonyl (C=O) groups excluding carboxylic acids is 1. The SMILES string of the molecule is Nc1nc(C(=O)[O-])nn1C12CC3CC(CC(C3)C1)C2. The fraction of sp³-hybridized carbons (Fsp3) is 0.769. The van der Waals surface area contributed by atoms with E-state index in [4.69, 9.17) is 5.73 Å². The normalized spacial score (nSPS) is 39.7. The number of aromatic nitrogens is 3. The molecule has 4 aliphatic carbocycles. The summed E-state index contributed by atoms with van der Waals surface area (Å²) in [6.45, 7) is 0. The maximum atomic E-state index is 10.9. The number of rotatable bonds is 2. The minimum Gasteiger partial charge on any atom is -0.541 e. The fourth-order valence-electron chi connectivity index (χ4n) is 5.08. The number of hydrogen-bond donors (Lipinski definition) is 1. The van der Waals surface area contributed by atoms with Gasteiger partial charge in [-0.25, -0.2) is 4.68 Å². The Bertz CT molecular complexity index is 516. The minimum atomic E-state index is -1.35. The van der Waals surface area contributed by atoms with Gasteiger partial charge in [0.2, 0.25) is 5.95 Å². The Morgan fingerprint density at radius 2 is 1.74 bits per heavy atom. The number of carbonyl (C=O) groups is 1. The zero-order valence-electron chi connectivity index (χ0n) is 10.7. The van der Waals surface area contributed by atoms with Crippen LogP contribution in [-0.2, 0) is 5.54 Å². The molecular weight excluding hydrogens is 244 g/mol. The van der Waals surface area contributed by atoms with Gasteiger partial charge in [0.05, 0.1) is 5.54 Å². The van der Waals surface area contributed by atoms with Crippen LogP contribution in [0.2, 0.25) is 0 Å². The first kappa shape index (κ1) is 11.3. The van der Waals surface area contributed by atoms with E-state index in [1.165, 1.54) is 19.3 Å². The summed E-state index contributed by atoms with van der Waals surface area (Å²) in [4.78, 5) is 14.7. The molecule has 0 spiro atoms. The Kier molecular flexibility index (Phi) is 2.07. The van der Waals surface area contributed by atoms with Crippen LogP contribution < -0.4 is 10.8 Å². The number of nitrogens with two attached hydrogens (primary N) is 1. The van der Waals surface area contributed by atoms with Crippen LogP contribution in [-0.4, -0.2) is 20.7 Å². The number of aromatic carboxylic acids is 1. The van der Waals surface area contributed by atoms with Gasteiger partial charge in [0.25, 0.3) is 0 Å². The molecule has 6 heteroatoms. The van der Waals surface area contributed by atoms with Gasteiger partial charge in [0.1, 0.15) is 5.97 Å². The van der Waals surface area contributed by atoms with E-state index in [2.05, 4.69) is 10.1 Å². The lowest BCUT2D eigenvalue weighted by molar-refractivity contribution is -0.256. The molecule has 1 heterocycles. The van der Waals surface area contributed by atoms with Crippen molar-refractivity contribution in [1.82, 2.24) is 14.8 Å². The topological polar surface area (TPSA) is 96.9 Å². The molecule has 5 rings (SSSR count). The molecule has 4 aliphatic rings. The molecular formula is C13H17N4O2-. The lowest BCUT2D eigenvalue weighted by Crippen LogP contribution is -2.52. The van der Waals surface area contributed by atoms with Gasteiger partial charge in [-0.2, -0.15) is 4.98 Å². The first-order valence-electron chi connectivity index (χ1n) is 7.00. The summed E-state index contributed by atoms with van der Waals surface area (Å²) >= 11 is 0. The van der Waals surface area contributed by atoms with Crippen LogP contribution in [0.25, 0.3) is 0 Å². The van der Waals surface area contributed by atoms with Gasteiger partial charge >= 0.3 is 0 Å². The summed E-state index contributed by atoms with van der Waals surface area (Å²) in [5, 5.41) is 15.0. The van der Waals surface area contributed by atoms with E-state index in [-0.39, 0.29) is 17.3 Å². The number of nitrogen functional groups attached to an aromatic ring is 1. The Morgan fingerprint density at radius 3 is 2.16 bits per heavy atom. The first-order valence-corrected chi connectivity index (χ1v) is 7.00. The van der Waals surface area contributed by atoms with Crippen LogP contribution in [0.4, 0.5) is 5.95 Å². The molecule has 0 unspecified atom stereocenters. The average molecular weight is 261 g/mol. The summed E-state index contributed by atoms with van der Waals surface area (Å²) in [6, 6.07) is 0. The van der Waals surface area contributed by atoms with Gasteiger partial charge in [0.15, 0.2) is 5.82 Å². The molecule has 1 aromatic rings. The number of nitrogens with zero attached hydrogens (tertiary/aromatic N) is 3. The molecule has 4 bridgehead atoms.